The van der Waals surface area contributed by atoms with Crippen molar-refractivity contribution in [2.75, 3.05) is 17.2 Å². The van der Waals surface area contributed by atoms with Gasteiger partial charge in [0.1, 0.15) is 5.75 Å². The number of ether oxygens (including phenoxy) is 1. The van der Waals surface area contributed by atoms with Gasteiger partial charge in [-0.15, -0.1) is 0 Å². The fourth-order valence-electron chi connectivity index (χ4n) is 4.14. The molecule has 3 aromatic rings. The van der Waals surface area contributed by atoms with Gasteiger partial charge in [0.25, 0.3) is 0 Å². The number of hydrogen-bond donors (Lipinski definition) is 2. The number of rotatable bonds is 5. The van der Waals surface area contributed by atoms with Gasteiger partial charge in [-0.1, -0.05) is 36.9 Å². The molecule has 0 bridgehead atoms. The van der Waals surface area contributed by atoms with E-state index in [1.54, 1.807) is 0 Å². The zero-order valence-corrected chi connectivity index (χ0v) is 18.8. The predicted octanol–water partition coefficient (Wildman–Crippen LogP) is 5.44. The van der Waals surface area contributed by atoms with Crippen LogP contribution in [0.3, 0.4) is 0 Å². The van der Waals surface area contributed by atoms with Crippen LogP contribution in [0, 0.1) is 20.8 Å². The van der Waals surface area contributed by atoms with Crippen molar-refractivity contribution in [1.29, 1.82) is 0 Å². The Morgan fingerprint density at radius 1 is 1.06 bits per heavy atom. The Morgan fingerprint density at radius 2 is 1.81 bits per heavy atom. The second kappa shape index (κ2) is 8.42. The molecule has 1 saturated heterocycles. The number of anilines is 2. The standard InChI is InChI=1S/C27H29N3O2/c1-16-8-9-17(2)27(18(16)3)32-25-13-21(10-11-24(25)29)22-14-26(31)30(15-22)23-7-5-6-20(12-23)19(4)28/h5-13,22H,4,14-15,28-29H2,1-3H3/t22-/m0/s1. The smallest absolute Gasteiger partial charge is 0.227 e. The maximum absolute atomic E-state index is 12.8. The molecular formula is C27H29N3O2. The molecule has 1 heterocycles. The molecule has 0 aliphatic carbocycles. The van der Waals surface area contributed by atoms with Crippen molar-refractivity contribution in [3.8, 4) is 11.5 Å². The topological polar surface area (TPSA) is 81.6 Å². The molecule has 4 rings (SSSR count). The zero-order chi connectivity index (χ0) is 23.0. The lowest BCUT2D eigenvalue weighted by Crippen LogP contribution is -2.24. The maximum Gasteiger partial charge on any atom is 0.227 e. The zero-order valence-electron chi connectivity index (χ0n) is 18.8. The van der Waals surface area contributed by atoms with E-state index in [1.807, 2.05) is 54.3 Å². The first kappa shape index (κ1) is 21.5. The molecule has 1 amide bonds. The van der Waals surface area contributed by atoms with Crippen molar-refractivity contribution in [2.45, 2.75) is 33.1 Å². The van der Waals surface area contributed by atoms with Gasteiger partial charge in [0.15, 0.2) is 5.75 Å². The Labute approximate surface area is 189 Å². The summed E-state index contributed by atoms with van der Waals surface area (Å²) in [6, 6.07) is 17.6. The number of hydrogen-bond acceptors (Lipinski definition) is 4. The van der Waals surface area contributed by atoms with Gasteiger partial charge in [0, 0.05) is 30.3 Å². The van der Waals surface area contributed by atoms with E-state index in [0.29, 0.717) is 30.1 Å². The number of nitrogen functional groups attached to an aromatic ring is 1. The molecule has 164 valence electrons. The molecule has 0 saturated carbocycles. The van der Waals surface area contributed by atoms with Crippen LogP contribution in [0.15, 0.2) is 61.2 Å². The molecular weight excluding hydrogens is 398 g/mol. The molecule has 5 nitrogen and oxygen atoms in total. The third-order valence-corrected chi connectivity index (χ3v) is 6.25. The van der Waals surface area contributed by atoms with Crippen LogP contribution in [-0.2, 0) is 4.79 Å². The summed E-state index contributed by atoms with van der Waals surface area (Å²) in [7, 11) is 0. The summed E-state index contributed by atoms with van der Waals surface area (Å²) in [6.45, 7) is 10.5. The van der Waals surface area contributed by atoms with Crippen LogP contribution in [0.5, 0.6) is 11.5 Å². The van der Waals surface area contributed by atoms with Crippen LogP contribution in [-0.4, -0.2) is 12.5 Å². The van der Waals surface area contributed by atoms with E-state index in [-0.39, 0.29) is 11.8 Å². The first-order valence-electron chi connectivity index (χ1n) is 10.7. The molecule has 1 aliphatic heterocycles. The molecule has 4 N–H and O–H groups in total. The normalized spacial score (nSPS) is 15.8. The summed E-state index contributed by atoms with van der Waals surface area (Å²) in [5.41, 5.74) is 19.1. The average molecular weight is 428 g/mol. The number of nitrogens with zero attached hydrogens (tertiary/aromatic N) is 1. The third kappa shape index (κ3) is 4.06. The molecule has 1 atom stereocenters. The Kier molecular flexibility index (Phi) is 5.66. The first-order valence-corrected chi connectivity index (χ1v) is 10.7. The monoisotopic (exact) mass is 427 g/mol. The minimum absolute atomic E-state index is 0.0508. The van der Waals surface area contributed by atoms with Crippen molar-refractivity contribution in [3.63, 3.8) is 0 Å². The van der Waals surface area contributed by atoms with Crippen molar-refractivity contribution < 1.29 is 9.53 Å². The van der Waals surface area contributed by atoms with Crippen molar-refractivity contribution in [1.82, 2.24) is 0 Å². The second-order valence-corrected chi connectivity index (χ2v) is 8.53. The highest BCUT2D eigenvalue weighted by molar-refractivity contribution is 5.97. The Bertz CT molecular complexity index is 1220. The highest BCUT2D eigenvalue weighted by Crippen LogP contribution is 2.38. The summed E-state index contributed by atoms with van der Waals surface area (Å²) in [5, 5.41) is 0. The Morgan fingerprint density at radius 3 is 2.56 bits per heavy atom. The molecule has 0 unspecified atom stereocenters. The number of amides is 1. The lowest BCUT2D eigenvalue weighted by Gasteiger charge is -2.19. The molecule has 1 fully saturated rings. The van der Waals surface area contributed by atoms with Crippen LogP contribution >= 0.6 is 0 Å². The predicted molar refractivity (Wildman–Crippen MR) is 131 cm³/mol. The number of carbonyl (C=O) groups is 1. The fourth-order valence-corrected chi connectivity index (χ4v) is 4.14. The van der Waals surface area contributed by atoms with E-state index in [1.165, 1.54) is 5.56 Å². The van der Waals surface area contributed by atoms with Gasteiger partial charge in [0.05, 0.1) is 5.69 Å². The Balaban J connectivity index is 1.61. The number of aryl methyl sites for hydroxylation is 2. The molecule has 0 aromatic heterocycles. The van der Waals surface area contributed by atoms with Gasteiger partial charge in [0.2, 0.25) is 5.91 Å². The number of benzene rings is 3. The Hall–Kier alpha value is -3.73. The molecule has 0 radical (unpaired) electrons. The lowest BCUT2D eigenvalue weighted by molar-refractivity contribution is -0.117. The second-order valence-electron chi connectivity index (χ2n) is 8.53. The quantitative estimate of drug-likeness (QED) is 0.532. The van der Waals surface area contributed by atoms with Crippen LogP contribution in [0.2, 0.25) is 0 Å². The van der Waals surface area contributed by atoms with Gasteiger partial charge < -0.3 is 21.1 Å². The van der Waals surface area contributed by atoms with Crippen LogP contribution < -0.4 is 21.1 Å². The van der Waals surface area contributed by atoms with Crippen molar-refractivity contribution in [3.05, 3.63) is 89.0 Å². The number of carbonyl (C=O) groups excluding carboxylic acids is 1. The van der Waals surface area contributed by atoms with E-state index in [0.717, 1.165) is 33.7 Å². The summed E-state index contributed by atoms with van der Waals surface area (Å²) in [5.74, 6) is 1.58. The van der Waals surface area contributed by atoms with E-state index in [4.69, 9.17) is 16.2 Å². The summed E-state index contributed by atoms with van der Waals surface area (Å²) >= 11 is 0. The highest BCUT2D eigenvalue weighted by atomic mass is 16.5. The lowest BCUT2D eigenvalue weighted by atomic mass is 9.97. The van der Waals surface area contributed by atoms with E-state index in [2.05, 4.69) is 32.6 Å². The third-order valence-electron chi connectivity index (χ3n) is 6.25. The molecule has 0 spiro atoms. The summed E-state index contributed by atoms with van der Waals surface area (Å²) < 4.78 is 6.29. The van der Waals surface area contributed by atoms with Crippen LogP contribution in [0.25, 0.3) is 5.70 Å². The van der Waals surface area contributed by atoms with Gasteiger partial charge in [-0.3, -0.25) is 4.79 Å². The minimum atomic E-state index is 0.0508. The van der Waals surface area contributed by atoms with Gasteiger partial charge >= 0.3 is 0 Å². The van der Waals surface area contributed by atoms with Gasteiger partial charge in [-0.05, 0) is 72.9 Å². The van der Waals surface area contributed by atoms with Crippen molar-refractivity contribution in [2.24, 2.45) is 5.73 Å². The van der Waals surface area contributed by atoms with Gasteiger partial charge in [-0.2, -0.15) is 0 Å². The molecule has 32 heavy (non-hydrogen) atoms. The molecule has 3 aromatic carbocycles. The number of nitrogens with two attached hydrogens (primary N) is 2. The average Bonchev–Trinajstić information content (AvgIpc) is 3.17. The largest absolute Gasteiger partial charge is 0.455 e. The van der Waals surface area contributed by atoms with Gasteiger partial charge in [-0.25, -0.2) is 0 Å². The van der Waals surface area contributed by atoms with E-state index in [9.17, 15) is 4.79 Å². The van der Waals surface area contributed by atoms with E-state index >= 15 is 0 Å². The molecule has 5 heteroatoms. The summed E-state index contributed by atoms with van der Waals surface area (Å²) in [4.78, 5) is 14.6. The molecule has 1 aliphatic rings. The minimum Gasteiger partial charge on any atom is -0.455 e. The maximum atomic E-state index is 12.8. The summed E-state index contributed by atoms with van der Waals surface area (Å²) in [6.07, 6.45) is 0.430. The van der Waals surface area contributed by atoms with Crippen LogP contribution in [0.1, 0.15) is 40.2 Å². The fraction of sp³-hybridized carbons (Fsp3) is 0.222. The highest BCUT2D eigenvalue weighted by Gasteiger charge is 2.32. The van der Waals surface area contributed by atoms with Crippen LogP contribution in [0.4, 0.5) is 11.4 Å². The van der Waals surface area contributed by atoms with E-state index < -0.39 is 0 Å². The SMILES string of the molecule is C=C(N)c1cccc(N2C[C@@H](c3ccc(N)c(Oc4c(C)ccc(C)c4C)c3)CC2=O)c1. The van der Waals surface area contributed by atoms with Crippen molar-refractivity contribution >= 4 is 23.0 Å². The first-order chi connectivity index (χ1) is 15.2.